The van der Waals surface area contributed by atoms with E-state index in [1.165, 1.54) is 0 Å². The molecule has 11 nitrogen and oxygen atoms in total. The Morgan fingerprint density at radius 2 is 1.55 bits per heavy atom. The molecule has 5 fully saturated rings. The van der Waals surface area contributed by atoms with E-state index in [9.17, 15) is 29.1 Å². The number of likely N-dealkylation sites (tertiary alicyclic amines) is 2. The minimum atomic E-state index is -1.08. The van der Waals surface area contributed by atoms with Gasteiger partial charge in [-0.15, -0.1) is 0 Å². The van der Waals surface area contributed by atoms with E-state index in [0.717, 1.165) is 70.8 Å². The van der Waals surface area contributed by atoms with Crippen LogP contribution < -0.4 is 16.0 Å². The fraction of sp³-hybridized carbons (Fsp3) is 0.868. The van der Waals surface area contributed by atoms with Crippen molar-refractivity contribution in [1.82, 2.24) is 25.8 Å². The number of carbonyl (C=O) groups is 5. The average Bonchev–Trinajstić information content (AvgIpc) is 3.23. The van der Waals surface area contributed by atoms with Crippen molar-refractivity contribution in [3.05, 3.63) is 0 Å². The molecule has 0 aromatic heterocycles. The molecule has 6 atom stereocenters. The Hall–Kier alpha value is -2.69. The zero-order chi connectivity index (χ0) is 35.9. The van der Waals surface area contributed by atoms with E-state index in [4.69, 9.17) is 0 Å². The summed E-state index contributed by atoms with van der Waals surface area (Å²) in [4.78, 5) is 72.6. The lowest BCUT2D eigenvalue weighted by Gasteiger charge is -2.38. The predicted molar refractivity (Wildman–Crippen MR) is 187 cm³/mol. The van der Waals surface area contributed by atoms with E-state index in [0.29, 0.717) is 32.4 Å². The number of nitrogens with one attached hydrogen (secondary N) is 3. The normalized spacial score (nSPS) is 29.8. The minimum Gasteiger partial charge on any atom is -0.480 e. The summed E-state index contributed by atoms with van der Waals surface area (Å²) in [6, 6.07) is -3.55. The third-order valence-electron chi connectivity index (χ3n) is 13.7. The van der Waals surface area contributed by atoms with Crippen molar-refractivity contribution in [2.24, 2.45) is 33.5 Å². The van der Waals surface area contributed by atoms with Gasteiger partial charge in [-0.3, -0.25) is 19.2 Å². The molecule has 2 spiro atoms. The van der Waals surface area contributed by atoms with Crippen LogP contribution in [0.25, 0.3) is 0 Å². The minimum absolute atomic E-state index is 0.0134. The van der Waals surface area contributed by atoms with Crippen LogP contribution in [-0.4, -0.2) is 95.4 Å². The number of aliphatic carboxylic acids is 1. The Kier molecular flexibility index (Phi) is 10.8. The largest absolute Gasteiger partial charge is 0.480 e. The van der Waals surface area contributed by atoms with Crippen LogP contribution in [0.3, 0.4) is 0 Å². The fourth-order valence-corrected chi connectivity index (χ4v) is 10.4. The second-order valence-electron chi connectivity index (χ2n) is 17.8. The summed E-state index contributed by atoms with van der Waals surface area (Å²) in [5.41, 5.74) is -0.938. The van der Waals surface area contributed by atoms with E-state index < -0.39 is 41.5 Å². The van der Waals surface area contributed by atoms with Crippen LogP contribution in [0.15, 0.2) is 0 Å². The topological polar surface area (TPSA) is 148 Å². The molecule has 276 valence electrons. The van der Waals surface area contributed by atoms with E-state index in [-0.39, 0.29) is 45.8 Å². The molecule has 0 unspecified atom stereocenters. The molecule has 11 heteroatoms. The number of hydrogen-bond acceptors (Lipinski definition) is 6. The van der Waals surface area contributed by atoms with Crippen molar-refractivity contribution < 1.29 is 29.1 Å². The summed E-state index contributed by atoms with van der Waals surface area (Å²) in [7, 11) is 2.02. The maximum atomic E-state index is 14.9. The lowest BCUT2D eigenvalue weighted by molar-refractivity contribution is -0.146. The molecule has 0 aromatic carbocycles. The highest BCUT2D eigenvalue weighted by Crippen LogP contribution is 2.88. The Labute approximate surface area is 293 Å². The predicted octanol–water partition coefficient (Wildman–Crippen LogP) is 4.09. The Bertz CT molecular complexity index is 1280. The van der Waals surface area contributed by atoms with Crippen molar-refractivity contribution in [1.29, 1.82) is 0 Å². The average molecular weight is 686 g/mol. The molecule has 0 aromatic rings. The van der Waals surface area contributed by atoms with Crippen LogP contribution >= 0.6 is 0 Å². The Balaban J connectivity index is 1.41. The van der Waals surface area contributed by atoms with Crippen LogP contribution in [0.2, 0.25) is 0 Å². The number of rotatable bonds is 11. The van der Waals surface area contributed by atoms with Crippen LogP contribution in [0.4, 0.5) is 0 Å². The van der Waals surface area contributed by atoms with Crippen LogP contribution in [0, 0.1) is 33.5 Å². The van der Waals surface area contributed by atoms with E-state index in [1.54, 1.807) is 4.90 Å². The molecule has 4 N–H and O–H groups in total. The smallest absolute Gasteiger partial charge is 0.326 e. The first-order chi connectivity index (χ1) is 23.0. The Morgan fingerprint density at radius 3 is 2.08 bits per heavy atom. The van der Waals surface area contributed by atoms with Crippen molar-refractivity contribution in [2.75, 3.05) is 26.7 Å². The number of amides is 4. The number of nitrogens with zero attached hydrogens (tertiary/aromatic N) is 2. The Morgan fingerprint density at radius 1 is 0.878 bits per heavy atom. The molecule has 0 bridgehead atoms. The number of piperidine rings is 1. The summed E-state index contributed by atoms with van der Waals surface area (Å²) in [5, 5.41) is 18.9. The van der Waals surface area contributed by atoms with Gasteiger partial charge in [-0.25, -0.2) is 4.79 Å². The number of hydrogen-bond donors (Lipinski definition) is 4. The summed E-state index contributed by atoms with van der Waals surface area (Å²) in [6.45, 7) is 14.1. The van der Waals surface area contributed by atoms with Crippen molar-refractivity contribution >= 4 is 29.6 Å². The summed E-state index contributed by atoms with van der Waals surface area (Å²) >= 11 is 0. The lowest BCUT2D eigenvalue weighted by atomic mass is 9.73. The lowest BCUT2D eigenvalue weighted by Crippen LogP contribution is -2.62. The molecule has 2 heterocycles. The van der Waals surface area contributed by atoms with Crippen molar-refractivity contribution in [2.45, 2.75) is 149 Å². The first kappa shape index (κ1) is 37.6. The molecule has 49 heavy (non-hydrogen) atoms. The molecule has 2 saturated heterocycles. The van der Waals surface area contributed by atoms with Gasteiger partial charge in [0, 0.05) is 18.5 Å². The maximum absolute atomic E-state index is 14.9. The van der Waals surface area contributed by atoms with Gasteiger partial charge in [0.05, 0.1) is 5.92 Å². The summed E-state index contributed by atoms with van der Waals surface area (Å²) in [5.74, 6) is -2.48. The van der Waals surface area contributed by atoms with Gasteiger partial charge in [0.2, 0.25) is 23.6 Å². The molecule has 0 radical (unpaired) electrons. The standard InChI is InChI=1S/C38H63N5O6/c1-8-14-26(34(48)49)39-31(45)27-21-38(36(5,6)37(38)18-13-19-37)23-43(27)33(47)29(35(2,3)4)41-32(46)28(24-15-10-9-11-16-24)40-30(44)25-17-12-20-42(7)22-25/h24-29H,8-23H2,1-7H3,(H,39,45)(H,40,44)(H,41,46)(H,48,49)/t25-,26+,27-,28-,29-,38-/m0/s1. The molecule has 3 aliphatic carbocycles. The number of carboxylic acids is 1. The first-order valence-corrected chi connectivity index (χ1v) is 19.1. The number of fused-ring (bicyclic) bond motifs is 1. The van der Waals surface area contributed by atoms with E-state index in [2.05, 4.69) is 34.7 Å². The third kappa shape index (κ3) is 6.86. The second kappa shape index (κ2) is 14.1. The zero-order valence-electron chi connectivity index (χ0n) is 31.2. The van der Waals surface area contributed by atoms with Gasteiger partial charge in [0.1, 0.15) is 24.2 Å². The highest BCUT2D eigenvalue weighted by atomic mass is 16.4. The molecule has 5 aliphatic rings. The van der Waals surface area contributed by atoms with Gasteiger partial charge in [-0.2, -0.15) is 0 Å². The molecular formula is C38H63N5O6. The van der Waals surface area contributed by atoms with Gasteiger partial charge in [-0.1, -0.05) is 73.6 Å². The zero-order valence-corrected chi connectivity index (χ0v) is 31.2. The SMILES string of the molecule is CCC[C@@H](NC(=O)[C@@H]1C[C@]2(CN1C(=O)[C@H](NC(=O)[C@@H](NC(=O)[C@H]1CCCN(C)C1)C1CCCCC1)C(C)(C)C)C(C)(C)C21CCC1)C(=O)O. The fourth-order valence-electron chi connectivity index (χ4n) is 10.4. The van der Waals surface area contributed by atoms with E-state index in [1.807, 2.05) is 34.7 Å². The molecule has 3 saturated carbocycles. The van der Waals surface area contributed by atoms with Crippen molar-refractivity contribution in [3.63, 3.8) is 0 Å². The molecule has 5 rings (SSSR count). The molecule has 2 aliphatic heterocycles. The van der Waals surface area contributed by atoms with Gasteiger partial charge >= 0.3 is 5.97 Å². The molecular weight excluding hydrogens is 622 g/mol. The van der Waals surface area contributed by atoms with Crippen LogP contribution in [0.1, 0.15) is 125 Å². The van der Waals surface area contributed by atoms with Gasteiger partial charge in [0.25, 0.3) is 0 Å². The first-order valence-electron chi connectivity index (χ1n) is 19.1. The highest BCUT2D eigenvalue weighted by Gasteiger charge is 2.85. The van der Waals surface area contributed by atoms with Gasteiger partial charge < -0.3 is 30.9 Å². The quantitative estimate of drug-likeness (QED) is 0.256. The van der Waals surface area contributed by atoms with Crippen LogP contribution in [0.5, 0.6) is 0 Å². The summed E-state index contributed by atoms with van der Waals surface area (Å²) < 4.78 is 0. The monoisotopic (exact) mass is 685 g/mol. The molecule has 4 amide bonds. The van der Waals surface area contributed by atoms with Crippen LogP contribution in [-0.2, 0) is 24.0 Å². The summed E-state index contributed by atoms with van der Waals surface area (Å²) in [6.07, 6.45) is 11.1. The van der Waals surface area contributed by atoms with Gasteiger partial charge in [0.15, 0.2) is 0 Å². The van der Waals surface area contributed by atoms with Gasteiger partial charge in [-0.05, 0) is 87.1 Å². The second-order valence-corrected chi connectivity index (χ2v) is 17.8. The highest BCUT2D eigenvalue weighted by molar-refractivity contribution is 5.96. The van der Waals surface area contributed by atoms with Crippen molar-refractivity contribution in [3.8, 4) is 0 Å². The number of carbonyl (C=O) groups excluding carboxylic acids is 4. The number of carboxylic acid groups (broad SMARTS) is 1. The third-order valence-corrected chi connectivity index (χ3v) is 13.7. The maximum Gasteiger partial charge on any atom is 0.326 e. The van der Waals surface area contributed by atoms with E-state index >= 15 is 0 Å².